The van der Waals surface area contributed by atoms with Gasteiger partial charge in [-0.15, -0.1) is 0 Å². The van der Waals surface area contributed by atoms with Crippen molar-refractivity contribution in [2.24, 2.45) is 0 Å². The van der Waals surface area contributed by atoms with Gasteiger partial charge in [0.2, 0.25) is 11.1 Å². The molecular formula is C24H27N4O3S+. The van der Waals surface area contributed by atoms with Gasteiger partial charge in [-0.2, -0.15) is 0 Å². The molecule has 2 aromatic carbocycles. The van der Waals surface area contributed by atoms with Gasteiger partial charge in [-0.05, 0) is 47.5 Å². The molecule has 166 valence electrons. The summed E-state index contributed by atoms with van der Waals surface area (Å²) in [6.07, 6.45) is 2.74. The molecule has 1 N–H and O–H groups in total. The number of para-hydroxylation sites is 1. The number of carbonyl (C=O) groups excluding carboxylic acids is 1. The monoisotopic (exact) mass is 451 g/mol. The Kier molecular flexibility index (Phi) is 6.60. The first kappa shape index (κ1) is 22.1. The number of nitrogens with zero attached hydrogens (tertiary/aromatic N) is 3. The lowest BCUT2D eigenvalue weighted by Gasteiger charge is -2.31. The van der Waals surface area contributed by atoms with Crippen LogP contribution in [0.3, 0.4) is 0 Å². The van der Waals surface area contributed by atoms with E-state index in [0.717, 1.165) is 36.3 Å². The van der Waals surface area contributed by atoms with Crippen LogP contribution in [0.1, 0.15) is 44.8 Å². The van der Waals surface area contributed by atoms with Gasteiger partial charge in [0.25, 0.3) is 6.17 Å². The average molecular weight is 452 g/mol. The number of amides is 1. The largest absolute Gasteiger partial charge is 0.497 e. The molecule has 0 saturated carbocycles. The van der Waals surface area contributed by atoms with Crippen LogP contribution >= 0.6 is 11.8 Å². The fraction of sp³-hybridized carbons (Fsp3) is 0.333. The standard InChI is InChI=1S/C24H26N4O3S/c1-4-5-8-15-32-24-25-22(30)21-19-9-6-7-10-20(19)27(16(2)29)23(28(21)26-24)17-11-13-18(31-3)14-12-17/h6-7,9-14,23H,4-5,8,15H2,1-3H3/p+1. The van der Waals surface area contributed by atoms with Crippen LogP contribution in [0, 0.1) is 0 Å². The third-order valence-corrected chi connectivity index (χ3v) is 6.45. The van der Waals surface area contributed by atoms with Crippen molar-refractivity contribution < 1.29 is 14.2 Å². The van der Waals surface area contributed by atoms with Crippen LogP contribution < -0.4 is 19.9 Å². The van der Waals surface area contributed by atoms with Crippen LogP contribution in [-0.4, -0.2) is 28.9 Å². The number of anilines is 1. The lowest BCUT2D eigenvalue weighted by Crippen LogP contribution is -2.60. The maximum atomic E-state index is 13.2. The van der Waals surface area contributed by atoms with E-state index in [2.05, 4.69) is 11.9 Å². The molecule has 0 radical (unpaired) electrons. The third-order valence-electron chi connectivity index (χ3n) is 5.50. The maximum Gasteiger partial charge on any atom is 0.325 e. The second kappa shape index (κ2) is 9.56. The minimum atomic E-state index is -0.583. The molecule has 1 unspecified atom stereocenters. The molecule has 4 rings (SSSR count). The number of methoxy groups -OCH3 is 1. The molecule has 0 fully saturated rings. The molecule has 1 aliphatic rings. The first-order valence-electron chi connectivity index (χ1n) is 10.8. The first-order valence-corrected chi connectivity index (χ1v) is 11.8. The van der Waals surface area contributed by atoms with E-state index in [-0.39, 0.29) is 11.5 Å². The van der Waals surface area contributed by atoms with Gasteiger partial charge in [0, 0.05) is 23.3 Å². The van der Waals surface area contributed by atoms with Crippen molar-refractivity contribution in [1.29, 1.82) is 0 Å². The van der Waals surface area contributed by atoms with Gasteiger partial charge in [0.15, 0.2) is 0 Å². The van der Waals surface area contributed by atoms with Gasteiger partial charge in [0.1, 0.15) is 5.75 Å². The molecular weight excluding hydrogens is 424 g/mol. The Labute approximate surface area is 191 Å². The summed E-state index contributed by atoms with van der Waals surface area (Å²) in [7, 11) is 1.61. The first-order chi connectivity index (χ1) is 15.5. The summed E-state index contributed by atoms with van der Waals surface area (Å²) in [4.78, 5) is 30.7. The van der Waals surface area contributed by atoms with Crippen LogP contribution in [-0.2, 0) is 4.79 Å². The van der Waals surface area contributed by atoms with E-state index in [1.54, 1.807) is 16.7 Å². The molecule has 0 aliphatic carbocycles. The molecule has 7 nitrogen and oxygen atoms in total. The number of H-pyrrole nitrogens is 1. The number of hydrogen-bond acceptors (Lipinski definition) is 5. The highest BCUT2D eigenvalue weighted by Gasteiger charge is 2.44. The Balaban J connectivity index is 1.89. The summed E-state index contributed by atoms with van der Waals surface area (Å²) < 4.78 is 6.98. The van der Waals surface area contributed by atoms with Crippen molar-refractivity contribution in [1.82, 2.24) is 10.1 Å². The molecule has 0 saturated heterocycles. The second-order valence-corrected chi connectivity index (χ2v) is 8.74. The Morgan fingerprint density at radius 3 is 2.62 bits per heavy atom. The van der Waals surface area contributed by atoms with Crippen LogP contribution in [0.15, 0.2) is 58.5 Å². The minimum Gasteiger partial charge on any atom is -0.497 e. The van der Waals surface area contributed by atoms with Gasteiger partial charge >= 0.3 is 11.3 Å². The third kappa shape index (κ3) is 4.14. The van der Waals surface area contributed by atoms with Gasteiger partial charge in [-0.3, -0.25) is 14.6 Å². The Hall–Kier alpha value is -3.13. The number of nitrogens with one attached hydrogen (secondary N) is 1. The number of thioether (sulfide) groups is 1. The number of aromatic nitrogens is 3. The fourth-order valence-electron chi connectivity index (χ4n) is 3.97. The average Bonchev–Trinajstić information content (AvgIpc) is 2.80. The number of aromatic amines is 1. The Bertz CT molecular complexity index is 1180. The molecule has 2 heterocycles. The minimum absolute atomic E-state index is 0.129. The zero-order valence-corrected chi connectivity index (χ0v) is 19.3. The predicted octanol–water partition coefficient (Wildman–Crippen LogP) is 3.93. The summed E-state index contributed by atoms with van der Waals surface area (Å²) in [6, 6.07) is 15.0. The molecule has 1 atom stereocenters. The van der Waals surface area contributed by atoms with Gasteiger partial charge in [0.05, 0.1) is 18.4 Å². The number of rotatable bonds is 7. The van der Waals surface area contributed by atoms with E-state index in [9.17, 15) is 9.59 Å². The van der Waals surface area contributed by atoms with E-state index < -0.39 is 6.17 Å². The number of carbonyl (C=O) groups is 1. The lowest BCUT2D eigenvalue weighted by molar-refractivity contribution is -0.763. The van der Waals surface area contributed by atoms with E-state index in [1.807, 2.05) is 48.5 Å². The Morgan fingerprint density at radius 2 is 1.94 bits per heavy atom. The molecule has 1 aromatic heterocycles. The fourth-order valence-corrected chi connectivity index (χ4v) is 4.83. The van der Waals surface area contributed by atoms with E-state index in [1.165, 1.54) is 18.7 Å². The Morgan fingerprint density at radius 1 is 1.19 bits per heavy atom. The predicted molar refractivity (Wildman–Crippen MR) is 125 cm³/mol. The molecule has 32 heavy (non-hydrogen) atoms. The van der Waals surface area contributed by atoms with Crippen molar-refractivity contribution >= 4 is 23.4 Å². The SMILES string of the molecule is CCCCCSc1n[n+]2c(c(=O)[nH]1)-c1ccccc1N(C(C)=O)C2c1ccc(OC)cc1. The van der Waals surface area contributed by atoms with Crippen molar-refractivity contribution in [2.45, 2.75) is 44.4 Å². The summed E-state index contributed by atoms with van der Waals surface area (Å²) in [6.45, 7) is 3.69. The van der Waals surface area contributed by atoms with Crippen LogP contribution in [0.4, 0.5) is 5.69 Å². The van der Waals surface area contributed by atoms with E-state index in [0.29, 0.717) is 22.1 Å². The lowest BCUT2D eigenvalue weighted by atomic mass is 10.0. The molecule has 0 bridgehead atoms. The number of fused-ring (bicyclic) bond motifs is 3. The van der Waals surface area contributed by atoms with Crippen molar-refractivity contribution in [3.63, 3.8) is 0 Å². The van der Waals surface area contributed by atoms with Gasteiger partial charge < -0.3 is 4.74 Å². The van der Waals surface area contributed by atoms with E-state index in [4.69, 9.17) is 9.84 Å². The summed E-state index contributed by atoms with van der Waals surface area (Å²) in [5, 5.41) is 5.35. The van der Waals surface area contributed by atoms with Crippen molar-refractivity contribution in [3.8, 4) is 17.0 Å². The van der Waals surface area contributed by atoms with Crippen LogP contribution in [0.25, 0.3) is 11.3 Å². The van der Waals surface area contributed by atoms with Crippen LogP contribution in [0.5, 0.6) is 5.75 Å². The summed E-state index contributed by atoms with van der Waals surface area (Å²) in [5.74, 6) is 1.46. The highest BCUT2D eigenvalue weighted by atomic mass is 32.2. The summed E-state index contributed by atoms with van der Waals surface area (Å²) in [5.41, 5.74) is 2.44. The molecule has 1 amide bonds. The van der Waals surface area contributed by atoms with Crippen LogP contribution in [0.2, 0.25) is 0 Å². The van der Waals surface area contributed by atoms with E-state index >= 15 is 0 Å². The molecule has 0 spiro atoms. The van der Waals surface area contributed by atoms with Gasteiger partial charge in [-0.1, -0.05) is 43.7 Å². The highest BCUT2D eigenvalue weighted by molar-refractivity contribution is 7.99. The number of unbranched alkanes of at least 4 members (excludes halogenated alkanes) is 2. The molecule has 1 aliphatic heterocycles. The zero-order chi connectivity index (χ0) is 22.7. The maximum absolute atomic E-state index is 13.2. The molecule has 8 heteroatoms. The smallest absolute Gasteiger partial charge is 0.325 e. The second-order valence-electron chi connectivity index (χ2n) is 7.66. The number of benzene rings is 2. The number of ether oxygens (including phenoxy) is 1. The number of hydrogen-bond donors (Lipinski definition) is 1. The zero-order valence-electron chi connectivity index (χ0n) is 18.5. The highest BCUT2D eigenvalue weighted by Crippen LogP contribution is 2.37. The molecule has 3 aromatic rings. The topological polar surface area (TPSA) is 79.2 Å². The van der Waals surface area contributed by atoms with Crippen molar-refractivity contribution in [2.75, 3.05) is 17.8 Å². The summed E-state index contributed by atoms with van der Waals surface area (Å²) >= 11 is 1.53. The quantitative estimate of drug-likeness (QED) is 0.335. The normalized spacial score (nSPS) is 14.6. The van der Waals surface area contributed by atoms with Gasteiger partial charge in [-0.25, -0.2) is 4.90 Å². The van der Waals surface area contributed by atoms with Crippen molar-refractivity contribution in [3.05, 3.63) is 64.4 Å².